The first kappa shape index (κ1) is 26.7. The number of benzene rings is 3. The molecule has 3 unspecified atom stereocenters. The molecule has 9 heteroatoms. The Balaban J connectivity index is 1.52. The minimum Gasteiger partial charge on any atom is -0.468 e. The summed E-state index contributed by atoms with van der Waals surface area (Å²) in [5.74, 6) is -0.278. The topological polar surface area (TPSA) is 50.4 Å². The van der Waals surface area contributed by atoms with Crippen molar-refractivity contribution >= 4 is 83.0 Å². The molecule has 1 heterocycles. The highest BCUT2D eigenvalue weighted by Gasteiger charge is 2.29. The Morgan fingerprint density at radius 2 is 1.94 bits per heavy atom. The van der Waals surface area contributed by atoms with Crippen LogP contribution < -0.4 is 16.0 Å². The molecule has 1 aliphatic rings. The largest absolute Gasteiger partial charge is 0.468 e. The van der Waals surface area contributed by atoms with Crippen molar-refractivity contribution in [3.8, 4) is 0 Å². The number of carbonyl (C=O) groups is 1. The number of methoxy groups -OCH3 is 1. The summed E-state index contributed by atoms with van der Waals surface area (Å²) in [6.45, 7) is 2.08. The third-order valence-corrected chi connectivity index (χ3v) is 8.57. The van der Waals surface area contributed by atoms with Crippen LogP contribution in [0.1, 0.15) is 40.0 Å². The van der Waals surface area contributed by atoms with Gasteiger partial charge in [0.05, 0.1) is 13.2 Å². The maximum Gasteiger partial charge on any atom is 0.322 e. The van der Waals surface area contributed by atoms with Gasteiger partial charge in [0, 0.05) is 30.1 Å². The molecule has 35 heavy (non-hydrogen) atoms. The molecule has 0 aliphatic carbocycles. The molecular formula is C26H26BCl2IN2O2S. The highest BCUT2D eigenvalue weighted by molar-refractivity contribution is 14.1. The van der Waals surface area contributed by atoms with Gasteiger partial charge < -0.3 is 15.3 Å². The second kappa shape index (κ2) is 11.8. The van der Waals surface area contributed by atoms with Gasteiger partial charge in [-0.1, -0.05) is 59.1 Å². The van der Waals surface area contributed by atoms with Gasteiger partial charge >= 0.3 is 5.97 Å². The number of fused-ring (bicyclic) bond motifs is 1. The molecule has 3 aromatic carbocycles. The second-order valence-electron chi connectivity index (χ2n) is 8.70. The molecule has 0 fully saturated rings. The van der Waals surface area contributed by atoms with Crippen molar-refractivity contribution in [2.45, 2.75) is 37.1 Å². The fourth-order valence-electron chi connectivity index (χ4n) is 4.51. The number of esters is 1. The van der Waals surface area contributed by atoms with Crippen molar-refractivity contribution < 1.29 is 9.53 Å². The summed E-state index contributed by atoms with van der Waals surface area (Å²) in [6.07, 6.45) is 1.26. The zero-order valence-corrected chi connectivity index (χ0v) is 24.0. The average Bonchev–Trinajstić information content (AvgIpc) is 2.82. The number of hydrogen-bond acceptors (Lipinski definition) is 5. The summed E-state index contributed by atoms with van der Waals surface area (Å²) in [6, 6.07) is 17.5. The lowest BCUT2D eigenvalue weighted by Crippen LogP contribution is -2.46. The predicted molar refractivity (Wildman–Crippen MR) is 159 cm³/mol. The van der Waals surface area contributed by atoms with E-state index in [9.17, 15) is 4.79 Å². The van der Waals surface area contributed by atoms with Crippen LogP contribution in [-0.4, -0.2) is 26.5 Å². The number of carbonyl (C=O) groups excluding carboxylic acids is 1. The minimum absolute atomic E-state index is 0.00150. The van der Waals surface area contributed by atoms with E-state index >= 15 is 0 Å². The first-order valence-electron chi connectivity index (χ1n) is 11.3. The Morgan fingerprint density at radius 1 is 1.23 bits per heavy atom. The van der Waals surface area contributed by atoms with Crippen LogP contribution in [-0.2, 0) is 16.0 Å². The van der Waals surface area contributed by atoms with Gasteiger partial charge in [-0.2, -0.15) is 12.6 Å². The minimum atomic E-state index is -0.460. The molecule has 0 saturated carbocycles. The molecule has 4 nitrogen and oxygen atoms in total. The number of aryl methyl sites for hydroxylation is 1. The van der Waals surface area contributed by atoms with Gasteiger partial charge in [-0.15, -0.1) is 0 Å². The lowest BCUT2D eigenvalue weighted by Gasteiger charge is -2.32. The molecule has 1 aliphatic heterocycles. The van der Waals surface area contributed by atoms with Gasteiger partial charge in [0.1, 0.15) is 6.04 Å². The summed E-state index contributed by atoms with van der Waals surface area (Å²) in [5, 5.41) is 8.27. The van der Waals surface area contributed by atoms with Crippen molar-refractivity contribution in [2.24, 2.45) is 0 Å². The summed E-state index contributed by atoms with van der Waals surface area (Å²) in [5.41, 5.74) is 6.42. The third kappa shape index (κ3) is 6.13. The molecule has 182 valence electrons. The zero-order chi connectivity index (χ0) is 25.1. The van der Waals surface area contributed by atoms with Crippen molar-refractivity contribution in [2.75, 3.05) is 12.4 Å². The van der Waals surface area contributed by atoms with Crippen molar-refractivity contribution in [1.82, 2.24) is 5.23 Å². The smallest absolute Gasteiger partial charge is 0.322 e. The van der Waals surface area contributed by atoms with Gasteiger partial charge in [0.25, 0.3) is 0 Å². The number of ether oxygens (including phenoxy) is 1. The number of thiol groups is 1. The van der Waals surface area contributed by atoms with E-state index in [0.29, 0.717) is 23.9 Å². The number of halogens is 3. The van der Waals surface area contributed by atoms with Crippen LogP contribution in [0.25, 0.3) is 0 Å². The SMILES string of the molecule is COC(=O)C(Cc1ccc2c(c1)C(S)CC(c1c(Cl)cccc1Cl)N2)NBc1c(C)cccc1I. The Kier molecular flexibility index (Phi) is 8.97. The molecule has 0 spiro atoms. The highest BCUT2D eigenvalue weighted by atomic mass is 127. The van der Waals surface area contributed by atoms with Gasteiger partial charge in [-0.3, -0.25) is 4.79 Å². The molecular weight excluding hydrogens is 613 g/mol. The maximum absolute atomic E-state index is 12.6. The van der Waals surface area contributed by atoms with Gasteiger partial charge in [0.2, 0.25) is 7.41 Å². The van der Waals surface area contributed by atoms with E-state index < -0.39 is 6.04 Å². The van der Waals surface area contributed by atoms with E-state index in [1.54, 1.807) is 0 Å². The highest BCUT2D eigenvalue weighted by Crippen LogP contribution is 2.45. The number of rotatable bonds is 7. The maximum atomic E-state index is 12.6. The molecule has 0 amide bonds. The summed E-state index contributed by atoms with van der Waals surface area (Å²) >= 11 is 20.1. The number of nitrogens with one attached hydrogen (secondary N) is 2. The lowest BCUT2D eigenvalue weighted by molar-refractivity contribution is -0.142. The van der Waals surface area contributed by atoms with E-state index in [1.807, 2.05) is 36.4 Å². The summed E-state index contributed by atoms with van der Waals surface area (Å²) in [4.78, 5) is 12.6. The number of hydrogen-bond donors (Lipinski definition) is 3. The van der Waals surface area contributed by atoms with Crippen LogP contribution in [0, 0.1) is 10.5 Å². The van der Waals surface area contributed by atoms with Crippen LogP contribution in [0.15, 0.2) is 54.6 Å². The van der Waals surface area contributed by atoms with E-state index in [4.69, 9.17) is 40.6 Å². The fourth-order valence-corrected chi connectivity index (χ4v) is 6.42. The molecule has 0 saturated heterocycles. The van der Waals surface area contributed by atoms with Gasteiger partial charge in [-0.05, 0) is 83.2 Å². The first-order chi connectivity index (χ1) is 16.8. The summed E-state index contributed by atoms with van der Waals surface area (Å²) in [7, 11) is 2.02. The molecule has 0 bridgehead atoms. The second-order valence-corrected chi connectivity index (χ2v) is 11.3. The lowest BCUT2D eigenvalue weighted by atomic mass is 9.78. The molecule has 0 radical (unpaired) electrons. The van der Waals surface area contributed by atoms with E-state index in [1.165, 1.54) is 21.7 Å². The number of anilines is 1. The molecule has 0 aromatic heterocycles. The molecule has 3 atom stereocenters. The molecule has 2 N–H and O–H groups in total. The van der Waals surface area contributed by atoms with Crippen LogP contribution >= 0.6 is 58.4 Å². The van der Waals surface area contributed by atoms with Crippen LogP contribution in [0.3, 0.4) is 0 Å². The predicted octanol–water partition coefficient (Wildman–Crippen LogP) is 5.78. The molecule has 3 aromatic rings. The van der Waals surface area contributed by atoms with Gasteiger partial charge in [-0.25, -0.2) is 0 Å². The quantitative estimate of drug-likeness (QED) is 0.133. The van der Waals surface area contributed by atoms with E-state index in [-0.39, 0.29) is 17.3 Å². The fraction of sp³-hybridized carbons (Fsp3) is 0.269. The zero-order valence-electron chi connectivity index (χ0n) is 19.4. The third-order valence-electron chi connectivity index (χ3n) is 6.42. The standard InChI is InChI=1S/C26H26BCl2IN2O2S/c1-14-5-3-8-19(30)25(14)27-32-22(26(33)34-2)12-15-9-10-20-16(11-15)23(35)13-21(31-20)24-17(28)6-4-7-18(24)29/h3-11,21-23,27,31-32,35H,12-13H2,1-2H3. The summed E-state index contributed by atoms with van der Waals surface area (Å²) < 4.78 is 6.27. The van der Waals surface area contributed by atoms with Gasteiger partial charge in [0.15, 0.2) is 0 Å². The van der Waals surface area contributed by atoms with E-state index in [2.05, 4.69) is 58.3 Å². The Labute approximate surface area is 236 Å². The van der Waals surface area contributed by atoms with Crippen molar-refractivity contribution in [1.29, 1.82) is 0 Å². The van der Waals surface area contributed by atoms with Crippen LogP contribution in [0.5, 0.6) is 0 Å². The van der Waals surface area contributed by atoms with Crippen LogP contribution in [0.2, 0.25) is 10.0 Å². The first-order valence-corrected chi connectivity index (χ1v) is 13.7. The van der Waals surface area contributed by atoms with E-state index in [0.717, 1.165) is 28.8 Å². The monoisotopic (exact) mass is 638 g/mol. The molecule has 4 rings (SSSR count). The Morgan fingerprint density at radius 3 is 2.63 bits per heavy atom. The average molecular weight is 639 g/mol. The normalized spacial score (nSPS) is 17.8. The van der Waals surface area contributed by atoms with Crippen LogP contribution in [0.4, 0.5) is 5.69 Å². The Bertz CT molecular complexity index is 1210. The van der Waals surface area contributed by atoms with Crippen molar-refractivity contribution in [3.05, 3.63) is 90.5 Å². The van der Waals surface area contributed by atoms with Crippen molar-refractivity contribution in [3.63, 3.8) is 0 Å². The Hall–Kier alpha value is -1.39.